The minimum Gasteiger partial charge on any atom is -0.491 e. The third-order valence-corrected chi connectivity index (χ3v) is 7.14. The summed E-state index contributed by atoms with van der Waals surface area (Å²) in [7, 11) is 0. The lowest BCUT2D eigenvalue weighted by atomic mass is 9.71. The van der Waals surface area contributed by atoms with Crippen molar-refractivity contribution in [3.63, 3.8) is 0 Å². The highest BCUT2D eigenvalue weighted by atomic mass is 16.5. The lowest BCUT2D eigenvalue weighted by Crippen LogP contribution is -2.25. The first-order chi connectivity index (χ1) is 21.2. The van der Waals surface area contributed by atoms with Crippen molar-refractivity contribution in [1.29, 1.82) is 0 Å². The summed E-state index contributed by atoms with van der Waals surface area (Å²) in [6.07, 6.45) is 0. The van der Waals surface area contributed by atoms with Crippen LogP contribution >= 0.6 is 0 Å². The summed E-state index contributed by atoms with van der Waals surface area (Å²) in [4.78, 5) is 0. The van der Waals surface area contributed by atoms with Gasteiger partial charge in [0.1, 0.15) is 37.1 Å². The van der Waals surface area contributed by atoms with E-state index in [4.69, 9.17) is 28.4 Å². The van der Waals surface area contributed by atoms with E-state index in [9.17, 15) is 0 Å². The van der Waals surface area contributed by atoms with Crippen molar-refractivity contribution in [1.82, 2.24) is 0 Å². The lowest BCUT2D eigenvalue weighted by Gasteiger charge is -2.32. The molecular formula is C38H54O6. The first-order valence-electron chi connectivity index (χ1n) is 16.1. The summed E-state index contributed by atoms with van der Waals surface area (Å²) in [6, 6.07) is 25.1. The molecule has 0 aliphatic heterocycles. The number of hydrogen-bond donors (Lipinski definition) is 0. The van der Waals surface area contributed by atoms with Gasteiger partial charge in [-0.1, -0.05) is 77.9 Å². The molecule has 0 fully saturated rings. The Morgan fingerprint density at radius 1 is 0.409 bits per heavy atom. The largest absolute Gasteiger partial charge is 0.491 e. The van der Waals surface area contributed by atoms with E-state index in [0.717, 1.165) is 53.8 Å². The Kier molecular flexibility index (Phi) is 15.0. The van der Waals surface area contributed by atoms with Crippen molar-refractivity contribution in [2.45, 2.75) is 53.9 Å². The van der Waals surface area contributed by atoms with Crippen LogP contribution in [-0.4, -0.2) is 59.5 Å². The van der Waals surface area contributed by atoms with Crippen LogP contribution in [0.1, 0.15) is 65.2 Å². The summed E-state index contributed by atoms with van der Waals surface area (Å²) in [5.74, 6) is 4.03. The SMILES string of the molecule is CC(C)COCCOc1ccc(C(C)(c2ccc(OCCOCC(C)C)cc2)c2ccc(OCCOCC(C)C)cc2)cc1. The number of rotatable bonds is 21. The van der Waals surface area contributed by atoms with Gasteiger partial charge >= 0.3 is 0 Å². The third kappa shape index (κ3) is 11.8. The van der Waals surface area contributed by atoms with Crippen LogP contribution in [0.15, 0.2) is 72.8 Å². The summed E-state index contributed by atoms with van der Waals surface area (Å²) in [5.41, 5.74) is 3.06. The van der Waals surface area contributed by atoms with Crippen LogP contribution in [0.5, 0.6) is 17.2 Å². The molecule has 0 aliphatic carbocycles. The fraction of sp³-hybridized carbons (Fsp3) is 0.526. The first kappa shape index (κ1) is 35.4. The van der Waals surface area contributed by atoms with Gasteiger partial charge in [0.25, 0.3) is 0 Å². The molecule has 3 rings (SSSR count). The molecule has 0 atom stereocenters. The quantitative estimate of drug-likeness (QED) is 0.0900. The Labute approximate surface area is 266 Å². The van der Waals surface area contributed by atoms with Crippen molar-refractivity contribution in [3.05, 3.63) is 89.5 Å². The smallest absolute Gasteiger partial charge is 0.119 e. The van der Waals surface area contributed by atoms with Gasteiger partial charge in [-0.05, 0) is 77.8 Å². The van der Waals surface area contributed by atoms with Gasteiger partial charge in [0.15, 0.2) is 0 Å². The minimum atomic E-state index is -0.420. The Hall–Kier alpha value is -3.06. The first-order valence-corrected chi connectivity index (χ1v) is 16.1. The average Bonchev–Trinajstić information content (AvgIpc) is 3.00. The van der Waals surface area contributed by atoms with Crippen molar-refractivity contribution in [2.75, 3.05) is 59.5 Å². The fourth-order valence-corrected chi connectivity index (χ4v) is 4.77. The van der Waals surface area contributed by atoms with Crippen molar-refractivity contribution in [3.8, 4) is 17.2 Å². The number of benzene rings is 3. The molecular weight excluding hydrogens is 552 g/mol. The van der Waals surface area contributed by atoms with Gasteiger partial charge in [0.2, 0.25) is 0 Å². The van der Waals surface area contributed by atoms with Crippen LogP contribution in [-0.2, 0) is 19.6 Å². The van der Waals surface area contributed by atoms with Gasteiger partial charge in [-0.3, -0.25) is 0 Å². The molecule has 0 unspecified atom stereocenters. The maximum Gasteiger partial charge on any atom is 0.119 e. The van der Waals surface area contributed by atoms with E-state index in [-0.39, 0.29) is 0 Å². The van der Waals surface area contributed by atoms with E-state index < -0.39 is 5.41 Å². The topological polar surface area (TPSA) is 55.4 Å². The van der Waals surface area contributed by atoms with E-state index in [2.05, 4.69) is 84.9 Å². The maximum atomic E-state index is 5.96. The van der Waals surface area contributed by atoms with Gasteiger partial charge in [-0.15, -0.1) is 0 Å². The highest BCUT2D eigenvalue weighted by Gasteiger charge is 2.31. The van der Waals surface area contributed by atoms with Crippen molar-refractivity contribution < 1.29 is 28.4 Å². The predicted octanol–water partition coefficient (Wildman–Crippen LogP) is 8.20. The second kappa shape index (κ2) is 18.7. The average molecular weight is 607 g/mol. The molecule has 0 aliphatic rings. The predicted molar refractivity (Wildman–Crippen MR) is 178 cm³/mol. The molecule has 0 radical (unpaired) electrons. The Morgan fingerprint density at radius 2 is 0.659 bits per heavy atom. The van der Waals surface area contributed by atoms with Gasteiger partial charge in [-0.2, -0.15) is 0 Å². The number of ether oxygens (including phenoxy) is 6. The Bertz CT molecular complexity index is 1020. The van der Waals surface area contributed by atoms with Crippen LogP contribution < -0.4 is 14.2 Å². The van der Waals surface area contributed by atoms with E-state index in [1.54, 1.807) is 0 Å². The highest BCUT2D eigenvalue weighted by molar-refractivity contribution is 5.52. The fourth-order valence-electron chi connectivity index (χ4n) is 4.77. The standard InChI is InChI=1S/C38H54O6/c1-29(2)26-39-20-23-42-35-14-8-32(9-15-35)38(7,33-10-16-36(17-11-33)43-24-21-40-27-30(3)4)34-12-18-37(19-13-34)44-25-22-41-28-31(5)6/h8-19,29-31H,20-28H2,1-7H3. The van der Waals surface area contributed by atoms with Gasteiger partial charge in [-0.25, -0.2) is 0 Å². The zero-order valence-corrected chi connectivity index (χ0v) is 28.0. The molecule has 6 nitrogen and oxygen atoms in total. The van der Waals surface area contributed by atoms with Gasteiger partial charge in [0, 0.05) is 25.2 Å². The molecule has 3 aromatic carbocycles. The molecule has 0 bridgehead atoms. The highest BCUT2D eigenvalue weighted by Crippen LogP contribution is 2.40. The van der Waals surface area contributed by atoms with Gasteiger partial charge < -0.3 is 28.4 Å². The second-order valence-corrected chi connectivity index (χ2v) is 12.6. The zero-order valence-electron chi connectivity index (χ0n) is 28.0. The van der Waals surface area contributed by atoms with Crippen molar-refractivity contribution >= 4 is 0 Å². The molecule has 44 heavy (non-hydrogen) atoms. The molecule has 0 amide bonds. The summed E-state index contributed by atoms with van der Waals surface area (Å²) >= 11 is 0. The second-order valence-electron chi connectivity index (χ2n) is 12.6. The van der Waals surface area contributed by atoms with E-state index in [1.165, 1.54) is 0 Å². The van der Waals surface area contributed by atoms with Crippen LogP contribution in [0.3, 0.4) is 0 Å². The zero-order chi connectivity index (χ0) is 31.8. The summed E-state index contributed by atoms with van der Waals surface area (Å²) in [5, 5.41) is 0. The molecule has 0 heterocycles. The Morgan fingerprint density at radius 3 is 0.886 bits per heavy atom. The monoisotopic (exact) mass is 606 g/mol. The number of hydrogen-bond acceptors (Lipinski definition) is 6. The van der Waals surface area contributed by atoms with Crippen LogP contribution in [0.2, 0.25) is 0 Å². The summed E-state index contributed by atoms with van der Waals surface area (Å²) in [6.45, 7) is 20.7. The van der Waals surface area contributed by atoms with E-state index >= 15 is 0 Å². The van der Waals surface area contributed by atoms with Crippen molar-refractivity contribution in [2.24, 2.45) is 17.8 Å². The van der Waals surface area contributed by atoms with Crippen LogP contribution in [0.25, 0.3) is 0 Å². The van der Waals surface area contributed by atoms with Crippen LogP contribution in [0, 0.1) is 17.8 Å². The molecule has 0 spiro atoms. The maximum absolute atomic E-state index is 5.96. The Balaban J connectivity index is 1.75. The van der Waals surface area contributed by atoms with E-state index in [0.29, 0.717) is 57.4 Å². The molecule has 0 aromatic heterocycles. The van der Waals surface area contributed by atoms with Gasteiger partial charge in [0.05, 0.1) is 19.8 Å². The summed E-state index contributed by atoms with van der Waals surface area (Å²) < 4.78 is 34.9. The molecule has 0 saturated carbocycles. The molecule has 242 valence electrons. The molecule has 0 saturated heterocycles. The molecule has 6 heteroatoms. The lowest BCUT2D eigenvalue weighted by molar-refractivity contribution is 0.0819. The minimum absolute atomic E-state index is 0.420. The molecule has 3 aromatic rings. The normalized spacial score (nSPS) is 11.9. The van der Waals surface area contributed by atoms with Crippen LogP contribution in [0.4, 0.5) is 0 Å². The third-order valence-electron chi connectivity index (χ3n) is 7.14. The molecule has 0 N–H and O–H groups in total. The van der Waals surface area contributed by atoms with E-state index in [1.807, 2.05) is 36.4 Å².